The second kappa shape index (κ2) is 9.30. The van der Waals surface area contributed by atoms with Crippen LogP contribution in [0.2, 0.25) is 0 Å². The maximum absolute atomic E-state index is 7.50. The topological polar surface area (TPSA) is 17.1 Å². The van der Waals surface area contributed by atoms with Crippen molar-refractivity contribution in [3.63, 3.8) is 0 Å². The number of rotatable bonds is 6. The van der Waals surface area contributed by atoms with E-state index in [1.165, 1.54) is 38.5 Å². The number of hydrogen-bond acceptors (Lipinski definition) is 1. The van der Waals surface area contributed by atoms with Crippen LogP contribution in [0.4, 0.5) is 0 Å². The molecule has 2 rings (SSSR count). The van der Waals surface area contributed by atoms with Crippen molar-refractivity contribution in [1.29, 1.82) is 0 Å². The third-order valence-electron chi connectivity index (χ3n) is 3.31. The van der Waals surface area contributed by atoms with Gasteiger partial charge in [0.15, 0.2) is 0 Å². The molecule has 0 bridgehead atoms. The Kier molecular flexibility index (Phi) is 8.04. The summed E-state index contributed by atoms with van der Waals surface area (Å²) in [7, 11) is 0. The minimum absolute atomic E-state index is 0.546. The smallest absolute Gasteiger partial charge is 0.281 e. The van der Waals surface area contributed by atoms with Gasteiger partial charge in [-0.3, -0.25) is 4.79 Å². The van der Waals surface area contributed by atoms with Gasteiger partial charge in [0.25, 0.3) is 6.79 Å². The fourth-order valence-corrected chi connectivity index (χ4v) is 7.43. The molecule has 0 heterocycles. The van der Waals surface area contributed by atoms with Crippen molar-refractivity contribution in [2.45, 2.75) is 52.4 Å². The summed E-state index contributed by atoms with van der Waals surface area (Å²) in [5.74, 6) is 0. The summed E-state index contributed by atoms with van der Waals surface area (Å²) in [5.41, 5.74) is 3.39. The fourth-order valence-electron chi connectivity index (χ4n) is 2.47. The predicted molar refractivity (Wildman–Crippen MR) is 77.1 cm³/mol. The molecular formula is C17H22OTa. The molecule has 0 saturated heterocycles. The Morgan fingerprint density at radius 2 is 1.37 bits per heavy atom. The molecule has 1 nitrogen and oxygen atoms in total. The maximum Gasteiger partial charge on any atom is 0.281 e. The van der Waals surface area contributed by atoms with E-state index >= 15 is 0 Å². The fraction of sp³-hybridized carbons (Fsp3) is 0.471. The van der Waals surface area contributed by atoms with Gasteiger partial charge in [-0.05, 0) is 0 Å². The Balaban J connectivity index is 0.000000861. The van der Waals surface area contributed by atoms with Gasteiger partial charge in [0.05, 0.1) is 0 Å². The molecule has 2 radical (unpaired) electrons. The van der Waals surface area contributed by atoms with Gasteiger partial charge in [-0.15, -0.1) is 0 Å². The second-order valence-corrected chi connectivity index (χ2v) is 9.45. The van der Waals surface area contributed by atoms with Crippen molar-refractivity contribution in [3.8, 4) is 0 Å². The average Bonchev–Trinajstić information content (AvgIpc) is 3.05. The molecule has 0 N–H and O–H groups in total. The summed E-state index contributed by atoms with van der Waals surface area (Å²) in [6, 6.07) is 0. The van der Waals surface area contributed by atoms with Crippen LogP contribution in [0.1, 0.15) is 52.4 Å². The zero-order valence-corrected chi connectivity index (χ0v) is 15.1. The zero-order valence-electron chi connectivity index (χ0n) is 11.9. The molecule has 0 aromatic rings. The van der Waals surface area contributed by atoms with Crippen LogP contribution < -0.4 is 0 Å². The van der Waals surface area contributed by atoms with Gasteiger partial charge in [0.1, 0.15) is 0 Å². The second-order valence-electron chi connectivity index (χ2n) is 4.77. The van der Waals surface area contributed by atoms with Gasteiger partial charge in [0.2, 0.25) is 0 Å². The van der Waals surface area contributed by atoms with Crippen molar-refractivity contribution in [3.05, 3.63) is 43.0 Å². The van der Waals surface area contributed by atoms with Crippen molar-refractivity contribution < 1.29 is 24.5 Å². The number of carbonyl (C=O) groups excluding carboxylic acids is 1. The number of hydrogen-bond donors (Lipinski definition) is 0. The third kappa shape index (κ3) is 4.76. The Labute approximate surface area is 126 Å². The molecule has 2 aliphatic carbocycles. The molecule has 0 fully saturated rings. The van der Waals surface area contributed by atoms with E-state index in [-0.39, 0.29) is 0 Å². The molecular weight excluding hydrogens is 401 g/mol. The van der Waals surface area contributed by atoms with E-state index < -0.39 is 19.8 Å². The van der Waals surface area contributed by atoms with Crippen molar-refractivity contribution in [2.75, 3.05) is 0 Å². The van der Waals surface area contributed by atoms with Crippen molar-refractivity contribution in [1.82, 2.24) is 0 Å². The first kappa shape index (κ1) is 16.4. The largest absolute Gasteiger partial charge is 0.281 e. The van der Waals surface area contributed by atoms with Crippen LogP contribution in [0, 0.1) is 0 Å². The zero-order chi connectivity index (χ0) is 14.1. The quantitative estimate of drug-likeness (QED) is 0.606. The van der Waals surface area contributed by atoms with Gasteiger partial charge in [-0.25, -0.2) is 0 Å². The Hall–Kier alpha value is -0.630. The van der Waals surface area contributed by atoms with Gasteiger partial charge in [0, 0.05) is 0 Å². The Morgan fingerprint density at radius 1 is 0.947 bits per heavy atom. The van der Waals surface area contributed by atoms with Crippen LogP contribution in [0.5, 0.6) is 0 Å². The molecule has 19 heavy (non-hydrogen) atoms. The summed E-state index contributed by atoms with van der Waals surface area (Å²) in [6.07, 6.45) is 17.3. The molecule has 0 spiro atoms. The number of allylic oxidation sites excluding steroid dienone is 8. The monoisotopic (exact) mass is 423 g/mol. The molecule has 0 amide bonds. The van der Waals surface area contributed by atoms with E-state index in [0.29, 0.717) is 0 Å². The van der Waals surface area contributed by atoms with Crippen LogP contribution in [-0.4, -0.2) is 6.79 Å². The van der Waals surface area contributed by atoms with Gasteiger partial charge >= 0.3 is 115 Å². The van der Waals surface area contributed by atoms with Crippen molar-refractivity contribution >= 4 is 6.79 Å². The molecule has 0 aromatic carbocycles. The van der Waals surface area contributed by atoms with E-state index in [9.17, 15) is 0 Å². The summed E-state index contributed by atoms with van der Waals surface area (Å²) in [5, 5.41) is 0. The normalized spacial score (nSPS) is 16.9. The summed E-state index contributed by atoms with van der Waals surface area (Å²) >= 11 is -0.546. The van der Waals surface area contributed by atoms with Gasteiger partial charge < -0.3 is 0 Å². The first-order valence-electron chi connectivity index (χ1n) is 7.04. The van der Waals surface area contributed by atoms with Crippen molar-refractivity contribution in [2.24, 2.45) is 0 Å². The van der Waals surface area contributed by atoms with Gasteiger partial charge in [-0.2, -0.15) is 0 Å². The summed E-state index contributed by atoms with van der Waals surface area (Å²) in [4.78, 5) is 7.50. The van der Waals surface area contributed by atoms with E-state index in [1.54, 1.807) is 11.1 Å². The third-order valence-corrected chi connectivity index (χ3v) is 8.63. The SMILES string of the molecule is CCCC1=[C]([Ta][C]2=C(CCC)C=CC2)CC=C1.[C]=O. The molecule has 0 aliphatic heterocycles. The van der Waals surface area contributed by atoms with Crippen LogP contribution in [-0.2, 0) is 24.5 Å². The standard InChI is InChI=1S/2C8H11.CO.Ta/c2*1-2-5-8-6-3-4-7-8;1-2;/h2*3,6H,2,4-5H2,1H3;;. The maximum atomic E-state index is 7.50. The summed E-state index contributed by atoms with van der Waals surface area (Å²) < 4.78 is 3.72. The van der Waals surface area contributed by atoms with E-state index in [4.69, 9.17) is 4.79 Å². The summed E-state index contributed by atoms with van der Waals surface area (Å²) in [6.45, 7) is 9.09. The Morgan fingerprint density at radius 3 is 1.74 bits per heavy atom. The van der Waals surface area contributed by atoms with Crippen LogP contribution >= 0.6 is 0 Å². The average molecular weight is 423 g/mol. The molecule has 0 saturated carbocycles. The molecule has 0 atom stereocenters. The molecule has 0 unspecified atom stereocenters. The van der Waals surface area contributed by atoms with E-state index in [0.717, 1.165) is 0 Å². The minimum Gasteiger partial charge on any atom is -0.281 e. The minimum atomic E-state index is -0.546. The molecule has 2 aliphatic rings. The predicted octanol–water partition coefficient (Wildman–Crippen LogP) is 4.70. The first-order valence-corrected chi connectivity index (χ1v) is 10.3. The molecule has 0 aromatic heterocycles. The first-order chi connectivity index (χ1) is 9.35. The Bertz CT molecular complexity index is 375. The van der Waals surface area contributed by atoms with E-state index in [1.807, 2.05) is 7.58 Å². The van der Waals surface area contributed by atoms with Crippen LogP contribution in [0.25, 0.3) is 0 Å². The van der Waals surface area contributed by atoms with Crippen LogP contribution in [0.3, 0.4) is 0 Å². The van der Waals surface area contributed by atoms with E-state index in [2.05, 4.69) is 44.9 Å². The molecule has 101 valence electrons. The molecule has 2 heteroatoms. The van der Waals surface area contributed by atoms with Gasteiger partial charge in [-0.1, -0.05) is 0 Å². The van der Waals surface area contributed by atoms with Crippen LogP contribution in [0.15, 0.2) is 43.0 Å².